The average Bonchev–Trinajstić information content (AvgIpc) is 3.05. The highest BCUT2D eigenvalue weighted by Crippen LogP contribution is 2.45. The minimum absolute atomic E-state index is 0.388. The number of hydrogen-bond acceptors (Lipinski definition) is 4. The van der Waals surface area contributed by atoms with Gasteiger partial charge >= 0.3 is 11.9 Å². The summed E-state index contributed by atoms with van der Waals surface area (Å²) in [6, 6.07) is 38.3. The number of carbonyl (C=O) groups is 2. The highest BCUT2D eigenvalue weighted by atomic mass is 16.5. The summed E-state index contributed by atoms with van der Waals surface area (Å²) in [6.07, 6.45) is 1.77. The Labute approximate surface area is 245 Å². The fourth-order valence-corrected chi connectivity index (χ4v) is 5.26. The van der Waals surface area contributed by atoms with E-state index in [2.05, 4.69) is 13.8 Å². The molecular weight excluding hydrogens is 520 g/mol. The zero-order valence-corrected chi connectivity index (χ0v) is 23.6. The molecule has 4 nitrogen and oxygen atoms in total. The van der Waals surface area contributed by atoms with Crippen LogP contribution < -0.4 is 9.47 Å². The van der Waals surface area contributed by atoms with E-state index in [1.54, 1.807) is 24.3 Å². The highest BCUT2D eigenvalue weighted by Gasteiger charge is 2.23. The van der Waals surface area contributed by atoms with Crippen molar-refractivity contribution in [1.29, 1.82) is 0 Å². The topological polar surface area (TPSA) is 52.6 Å². The van der Waals surface area contributed by atoms with Gasteiger partial charge in [-0.2, -0.15) is 0 Å². The number of esters is 2. The van der Waals surface area contributed by atoms with Gasteiger partial charge in [0.1, 0.15) is 11.5 Å². The van der Waals surface area contributed by atoms with Gasteiger partial charge in [-0.15, -0.1) is 0 Å². The lowest BCUT2D eigenvalue weighted by Gasteiger charge is -2.19. The molecule has 0 saturated heterocycles. The van der Waals surface area contributed by atoms with Crippen molar-refractivity contribution in [3.05, 3.63) is 144 Å². The van der Waals surface area contributed by atoms with Gasteiger partial charge in [0, 0.05) is 11.1 Å². The lowest BCUT2D eigenvalue weighted by molar-refractivity contribution is 0.0723. The quantitative estimate of drug-likeness (QED) is 0.147. The summed E-state index contributed by atoms with van der Waals surface area (Å²) in [6.45, 7) is 4.15. The molecule has 42 heavy (non-hydrogen) atoms. The van der Waals surface area contributed by atoms with E-state index >= 15 is 0 Å². The standard InChI is InChI=1S/C38H30O4/c1-3-25-13-17-29(18-14-25)37(39)41-33-23-21-27-9-5-7-11-31(27)35(33)36-32-12-8-6-10-28(32)22-24-34(36)42-38(40)30-19-15-26(4-2)16-20-30/h5-24H,3-4H2,1-2H3. The van der Waals surface area contributed by atoms with E-state index in [1.165, 1.54) is 0 Å². The van der Waals surface area contributed by atoms with Gasteiger partial charge in [-0.25, -0.2) is 9.59 Å². The third-order valence-electron chi connectivity index (χ3n) is 7.63. The molecule has 0 saturated carbocycles. The summed E-state index contributed by atoms with van der Waals surface area (Å²) in [5.74, 6) is -0.133. The van der Waals surface area contributed by atoms with Gasteiger partial charge in [-0.1, -0.05) is 98.8 Å². The van der Waals surface area contributed by atoms with Crippen LogP contribution in [0, 0.1) is 0 Å². The molecule has 6 aromatic rings. The first-order valence-corrected chi connectivity index (χ1v) is 14.2. The zero-order valence-electron chi connectivity index (χ0n) is 23.6. The maximum Gasteiger partial charge on any atom is 0.343 e. The zero-order chi connectivity index (χ0) is 29.1. The summed E-state index contributed by atoms with van der Waals surface area (Å²) in [5, 5.41) is 3.70. The Morgan fingerprint density at radius 1 is 0.476 bits per heavy atom. The van der Waals surface area contributed by atoms with Crippen LogP contribution in [0.25, 0.3) is 32.7 Å². The van der Waals surface area contributed by atoms with E-state index in [-0.39, 0.29) is 0 Å². The van der Waals surface area contributed by atoms with Crippen molar-refractivity contribution in [2.24, 2.45) is 0 Å². The Kier molecular flexibility index (Phi) is 7.52. The second-order valence-electron chi connectivity index (χ2n) is 10.2. The molecule has 0 aliphatic rings. The number of rotatable bonds is 7. The third kappa shape index (κ3) is 5.27. The van der Waals surface area contributed by atoms with Crippen molar-refractivity contribution in [2.45, 2.75) is 26.7 Å². The van der Waals surface area contributed by atoms with Crippen LogP contribution in [-0.2, 0) is 12.8 Å². The fourth-order valence-electron chi connectivity index (χ4n) is 5.26. The molecule has 0 aromatic heterocycles. The molecule has 0 amide bonds. The second-order valence-corrected chi connectivity index (χ2v) is 10.2. The molecule has 0 aliphatic carbocycles. The van der Waals surface area contributed by atoms with Gasteiger partial charge in [0.05, 0.1) is 11.1 Å². The van der Waals surface area contributed by atoms with E-state index in [0.29, 0.717) is 33.8 Å². The Bertz CT molecular complexity index is 1780. The minimum Gasteiger partial charge on any atom is -0.422 e. The number of carbonyl (C=O) groups excluding carboxylic acids is 2. The first kappa shape index (κ1) is 27.0. The van der Waals surface area contributed by atoms with E-state index in [9.17, 15) is 9.59 Å². The van der Waals surface area contributed by atoms with Crippen LogP contribution in [0.2, 0.25) is 0 Å². The molecule has 0 spiro atoms. The van der Waals surface area contributed by atoms with Gasteiger partial charge in [-0.05, 0) is 81.9 Å². The van der Waals surface area contributed by atoms with Crippen LogP contribution in [0.3, 0.4) is 0 Å². The molecule has 0 atom stereocenters. The Morgan fingerprint density at radius 2 is 0.857 bits per heavy atom. The summed E-state index contributed by atoms with van der Waals surface area (Å²) < 4.78 is 12.2. The Hall–Kier alpha value is -5.22. The predicted octanol–water partition coefficient (Wildman–Crippen LogP) is 9.22. The molecule has 0 bridgehead atoms. The Balaban J connectivity index is 1.52. The minimum atomic E-state index is -0.455. The first-order valence-electron chi connectivity index (χ1n) is 14.2. The lowest BCUT2D eigenvalue weighted by Crippen LogP contribution is -2.11. The molecule has 0 radical (unpaired) electrons. The molecular formula is C38H30O4. The van der Waals surface area contributed by atoms with Gasteiger partial charge in [0.2, 0.25) is 0 Å². The fraction of sp³-hybridized carbons (Fsp3) is 0.105. The number of hydrogen-bond donors (Lipinski definition) is 0. The molecule has 0 N–H and O–H groups in total. The summed E-state index contributed by atoms with van der Waals surface area (Å²) in [7, 11) is 0. The number of aryl methyl sites for hydroxylation is 2. The van der Waals surface area contributed by atoms with Crippen LogP contribution in [0.1, 0.15) is 45.7 Å². The average molecular weight is 551 g/mol. The van der Waals surface area contributed by atoms with Gasteiger partial charge in [-0.3, -0.25) is 0 Å². The van der Waals surface area contributed by atoms with Crippen molar-refractivity contribution in [3.8, 4) is 22.6 Å². The maximum absolute atomic E-state index is 13.4. The van der Waals surface area contributed by atoms with E-state index in [0.717, 1.165) is 45.5 Å². The molecule has 0 aliphatic heterocycles. The number of fused-ring (bicyclic) bond motifs is 2. The van der Waals surface area contributed by atoms with Crippen molar-refractivity contribution in [3.63, 3.8) is 0 Å². The molecule has 0 heterocycles. The SMILES string of the molecule is CCc1ccc(C(=O)Oc2ccc3ccccc3c2-c2c(OC(=O)c3ccc(CC)cc3)ccc3ccccc23)cc1. The summed E-state index contributed by atoms with van der Waals surface area (Å²) >= 11 is 0. The summed E-state index contributed by atoms with van der Waals surface area (Å²) in [4.78, 5) is 26.8. The lowest BCUT2D eigenvalue weighted by atomic mass is 9.92. The van der Waals surface area contributed by atoms with Crippen molar-refractivity contribution in [1.82, 2.24) is 0 Å². The molecule has 0 unspecified atom stereocenters. The smallest absolute Gasteiger partial charge is 0.343 e. The number of benzene rings is 6. The molecule has 6 aromatic carbocycles. The van der Waals surface area contributed by atoms with Crippen LogP contribution in [0.5, 0.6) is 11.5 Å². The van der Waals surface area contributed by atoms with E-state index < -0.39 is 11.9 Å². The second kappa shape index (κ2) is 11.7. The van der Waals surface area contributed by atoms with Crippen molar-refractivity contribution in [2.75, 3.05) is 0 Å². The highest BCUT2D eigenvalue weighted by molar-refractivity contribution is 6.11. The van der Waals surface area contributed by atoms with Gasteiger partial charge < -0.3 is 9.47 Å². The van der Waals surface area contributed by atoms with Crippen molar-refractivity contribution < 1.29 is 19.1 Å². The molecule has 6 rings (SSSR count). The number of ether oxygens (including phenoxy) is 2. The Morgan fingerprint density at radius 3 is 1.24 bits per heavy atom. The van der Waals surface area contributed by atoms with Gasteiger partial charge in [0.25, 0.3) is 0 Å². The molecule has 206 valence electrons. The van der Waals surface area contributed by atoms with Crippen LogP contribution >= 0.6 is 0 Å². The van der Waals surface area contributed by atoms with Crippen LogP contribution in [0.4, 0.5) is 0 Å². The maximum atomic E-state index is 13.4. The van der Waals surface area contributed by atoms with E-state index in [4.69, 9.17) is 9.47 Å². The van der Waals surface area contributed by atoms with Crippen LogP contribution in [0.15, 0.2) is 121 Å². The summed E-state index contributed by atoms with van der Waals surface area (Å²) in [5.41, 5.74) is 4.59. The third-order valence-corrected chi connectivity index (χ3v) is 7.63. The predicted molar refractivity (Wildman–Crippen MR) is 168 cm³/mol. The van der Waals surface area contributed by atoms with Crippen molar-refractivity contribution >= 4 is 33.5 Å². The molecule has 4 heteroatoms. The normalized spacial score (nSPS) is 11.0. The molecule has 0 fully saturated rings. The monoisotopic (exact) mass is 550 g/mol. The van der Waals surface area contributed by atoms with E-state index in [1.807, 2.05) is 97.1 Å². The first-order chi connectivity index (χ1) is 20.6. The van der Waals surface area contributed by atoms with Crippen LogP contribution in [-0.4, -0.2) is 11.9 Å². The largest absolute Gasteiger partial charge is 0.422 e. The van der Waals surface area contributed by atoms with Gasteiger partial charge in [0.15, 0.2) is 0 Å².